The molecule has 5 N–H and O–H groups in total. The van der Waals surface area contributed by atoms with Crippen molar-refractivity contribution >= 4 is 23.7 Å². The number of nitrogens with two attached hydrogens (primary N) is 2. The summed E-state index contributed by atoms with van der Waals surface area (Å²) in [5.41, 5.74) is 10.2. The Kier molecular flexibility index (Phi) is 6.34. The van der Waals surface area contributed by atoms with Gasteiger partial charge in [-0.3, -0.25) is 10.1 Å². The van der Waals surface area contributed by atoms with Crippen LogP contribution in [0.3, 0.4) is 0 Å². The van der Waals surface area contributed by atoms with Gasteiger partial charge in [-0.15, -0.1) is 0 Å². The minimum Gasteiger partial charge on any atom is -0.351 e. The molecular weight excluding hydrogens is 190 g/mol. The molecule has 1 atom stereocenters. The Morgan fingerprint density at radius 3 is 2.62 bits per heavy atom. The van der Waals surface area contributed by atoms with Crippen molar-refractivity contribution in [1.82, 2.24) is 5.32 Å². The SMILES string of the molecule is CC(N)CCSCC(=O)NC(N)=O. The van der Waals surface area contributed by atoms with Crippen molar-refractivity contribution in [2.75, 3.05) is 11.5 Å². The lowest BCUT2D eigenvalue weighted by atomic mass is 10.3. The molecule has 0 fully saturated rings. The van der Waals surface area contributed by atoms with Crippen LogP contribution in [-0.4, -0.2) is 29.5 Å². The molecular formula is C7H15N3O2S. The molecule has 76 valence electrons. The van der Waals surface area contributed by atoms with Crippen molar-refractivity contribution in [3.8, 4) is 0 Å². The fourth-order valence-corrected chi connectivity index (χ4v) is 1.55. The lowest BCUT2D eigenvalue weighted by Crippen LogP contribution is -2.36. The number of carbonyl (C=O) groups excluding carboxylic acids is 2. The topological polar surface area (TPSA) is 98.2 Å². The second-order valence-corrected chi connectivity index (χ2v) is 3.84. The average molecular weight is 205 g/mol. The van der Waals surface area contributed by atoms with Gasteiger partial charge in [0, 0.05) is 6.04 Å². The second-order valence-electron chi connectivity index (χ2n) is 2.73. The van der Waals surface area contributed by atoms with E-state index in [2.05, 4.69) is 0 Å². The van der Waals surface area contributed by atoms with Crippen LogP contribution in [0.1, 0.15) is 13.3 Å². The first-order valence-corrected chi connectivity index (χ1v) is 5.10. The quantitative estimate of drug-likeness (QED) is 0.534. The summed E-state index contributed by atoms with van der Waals surface area (Å²) in [6.45, 7) is 1.91. The van der Waals surface area contributed by atoms with Crippen LogP contribution in [0.15, 0.2) is 0 Å². The van der Waals surface area contributed by atoms with Crippen LogP contribution in [-0.2, 0) is 4.79 Å². The summed E-state index contributed by atoms with van der Waals surface area (Å²) in [6.07, 6.45) is 0.856. The van der Waals surface area contributed by atoms with Gasteiger partial charge in [0.05, 0.1) is 5.75 Å². The normalized spacial score (nSPS) is 12.2. The summed E-state index contributed by atoms with van der Waals surface area (Å²) >= 11 is 1.43. The van der Waals surface area contributed by atoms with E-state index in [1.165, 1.54) is 11.8 Å². The van der Waals surface area contributed by atoms with Gasteiger partial charge in [0.1, 0.15) is 0 Å². The van der Waals surface area contributed by atoms with Gasteiger partial charge in [-0.05, 0) is 19.1 Å². The standard InChI is InChI=1S/C7H15N3O2S/c1-5(8)2-3-13-4-6(11)10-7(9)12/h5H,2-4,8H2,1H3,(H3,9,10,11,12). The van der Waals surface area contributed by atoms with Crippen LogP contribution in [0.5, 0.6) is 0 Å². The molecule has 0 rings (SSSR count). The zero-order chi connectivity index (χ0) is 10.3. The summed E-state index contributed by atoms with van der Waals surface area (Å²) in [4.78, 5) is 21.0. The first-order valence-electron chi connectivity index (χ1n) is 3.95. The molecule has 0 saturated carbocycles. The first-order chi connectivity index (χ1) is 6.02. The Bertz CT molecular complexity index is 185. The third-order valence-corrected chi connectivity index (χ3v) is 2.20. The molecule has 0 aromatic carbocycles. The van der Waals surface area contributed by atoms with Gasteiger partial charge in [0.15, 0.2) is 0 Å². The number of hydrogen-bond acceptors (Lipinski definition) is 4. The summed E-state index contributed by atoms with van der Waals surface area (Å²) < 4.78 is 0. The summed E-state index contributed by atoms with van der Waals surface area (Å²) in [7, 11) is 0. The van der Waals surface area contributed by atoms with E-state index in [9.17, 15) is 9.59 Å². The minimum atomic E-state index is -0.808. The smallest absolute Gasteiger partial charge is 0.318 e. The Morgan fingerprint density at radius 1 is 1.54 bits per heavy atom. The number of amides is 3. The fourth-order valence-electron chi connectivity index (χ4n) is 0.608. The highest BCUT2D eigenvalue weighted by atomic mass is 32.2. The summed E-state index contributed by atoms with van der Waals surface area (Å²) in [5, 5.41) is 1.98. The molecule has 1 unspecified atom stereocenters. The fraction of sp³-hybridized carbons (Fsp3) is 0.714. The number of primary amides is 1. The molecule has 0 aliphatic carbocycles. The van der Waals surface area contributed by atoms with Crippen molar-refractivity contribution in [1.29, 1.82) is 0 Å². The number of rotatable bonds is 5. The average Bonchev–Trinajstić information content (AvgIpc) is 1.96. The predicted octanol–water partition coefficient (Wildman–Crippen LogP) is -0.348. The molecule has 0 radical (unpaired) electrons. The Morgan fingerprint density at radius 2 is 2.15 bits per heavy atom. The molecule has 0 aromatic rings. The number of imide groups is 1. The van der Waals surface area contributed by atoms with Gasteiger partial charge in [0.2, 0.25) is 5.91 Å². The lowest BCUT2D eigenvalue weighted by molar-refractivity contribution is -0.117. The molecule has 0 aliphatic rings. The number of carbonyl (C=O) groups is 2. The van der Waals surface area contributed by atoms with Gasteiger partial charge in [-0.25, -0.2) is 4.79 Å². The predicted molar refractivity (Wildman–Crippen MR) is 53.3 cm³/mol. The molecule has 13 heavy (non-hydrogen) atoms. The van der Waals surface area contributed by atoms with Gasteiger partial charge in [0.25, 0.3) is 0 Å². The lowest BCUT2D eigenvalue weighted by Gasteiger charge is -2.03. The van der Waals surface area contributed by atoms with E-state index in [1.807, 2.05) is 12.2 Å². The van der Waals surface area contributed by atoms with Crippen molar-refractivity contribution < 1.29 is 9.59 Å². The Hall–Kier alpha value is -0.750. The van der Waals surface area contributed by atoms with E-state index in [0.717, 1.165) is 12.2 Å². The molecule has 0 spiro atoms. The maximum atomic E-state index is 10.8. The Balaban J connectivity index is 3.32. The van der Waals surface area contributed by atoms with Crippen LogP contribution in [0.2, 0.25) is 0 Å². The molecule has 3 amide bonds. The third kappa shape index (κ3) is 9.16. The molecule has 0 heterocycles. The van der Waals surface area contributed by atoms with Crippen molar-refractivity contribution in [3.05, 3.63) is 0 Å². The van der Waals surface area contributed by atoms with Crippen LogP contribution in [0.25, 0.3) is 0 Å². The van der Waals surface area contributed by atoms with Crippen LogP contribution in [0, 0.1) is 0 Å². The van der Waals surface area contributed by atoms with Gasteiger partial charge >= 0.3 is 6.03 Å². The highest BCUT2D eigenvalue weighted by Gasteiger charge is 2.03. The van der Waals surface area contributed by atoms with E-state index < -0.39 is 6.03 Å². The maximum Gasteiger partial charge on any atom is 0.318 e. The monoisotopic (exact) mass is 205 g/mol. The summed E-state index contributed by atoms with van der Waals surface area (Å²) in [5.74, 6) is 0.696. The van der Waals surface area contributed by atoms with E-state index in [4.69, 9.17) is 11.5 Å². The number of nitrogens with one attached hydrogen (secondary N) is 1. The number of urea groups is 1. The van der Waals surface area contributed by atoms with Gasteiger partial charge in [-0.2, -0.15) is 11.8 Å². The van der Waals surface area contributed by atoms with E-state index >= 15 is 0 Å². The number of thioether (sulfide) groups is 1. The molecule has 5 nitrogen and oxygen atoms in total. The van der Waals surface area contributed by atoms with E-state index in [1.54, 1.807) is 0 Å². The van der Waals surface area contributed by atoms with Gasteiger partial charge < -0.3 is 11.5 Å². The van der Waals surface area contributed by atoms with E-state index in [-0.39, 0.29) is 17.7 Å². The van der Waals surface area contributed by atoms with Crippen LogP contribution in [0.4, 0.5) is 4.79 Å². The molecule has 0 aliphatic heterocycles. The summed E-state index contributed by atoms with van der Waals surface area (Å²) in [6, 6.07) is -0.663. The molecule has 0 bridgehead atoms. The first kappa shape index (κ1) is 12.2. The van der Waals surface area contributed by atoms with Crippen molar-refractivity contribution in [2.45, 2.75) is 19.4 Å². The molecule has 0 aromatic heterocycles. The van der Waals surface area contributed by atoms with Gasteiger partial charge in [-0.1, -0.05) is 0 Å². The second kappa shape index (κ2) is 6.73. The zero-order valence-electron chi connectivity index (χ0n) is 7.58. The number of hydrogen-bond donors (Lipinski definition) is 3. The minimum absolute atomic E-state index is 0.145. The highest BCUT2D eigenvalue weighted by Crippen LogP contribution is 2.02. The largest absolute Gasteiger partial charge is 0.351 e. The zero-order valence-corrected chi connectivity index (χ0v) is 8.39. The van der Waals surface area contributed by atoms with Crippen LogP contribution >= 0.6 is 11.8 Å². The molecule has 0 saturated heterocycles. The third-order valence-electron chi connectivity index (χ3n) is 1.21. The Labute approximate surface area is 81.6 Å². The molecule has 6 heteroatoms. The van der Waals surface area contributed by atoms with E-state index in [0.29, 0.717) is 0 Å². The van der Waals surface area contributed by atoms with Crippen molar-refractivity contribution in [3.63, 3.8) is 0 Å². The highest BCUT2D eigenvalue weighted by molar-refractivity contribution is 7.99. The van der Waals surface area contributed by atoms with Crippen LogP contribution < -0.4 is 16.8 Å². The maximum absolute atomic E-state index is 10.8. The van der Waals surface area contributed by atoms with Crippen molar-refractivity contribution in [2.24, 2.45) is 11.5 Å².